The Labute approximate surface area is 115 Å². The van der Waals surface area contributed by atoms with E-state index in [4.69, 9.17) is 0 Å². The first-order chi connectivity index (χ1) is 9.24. The van der Waals surface area contributed by atoms with Gasteiger partial charge in [0.15, 0.2) is 6.29 Å². The molecule has 0 aliphatic carbocycles. The van der Waals surface area contributed by atoms with Gasteiger partial charge in [-0.05, 0) is 33.0 Å². The minimum absolute atomic E-state index is 0.517. The van der Waals surface area contributed by atoms with Crippen LogP contribution in [0.25, 0.3) is 0 Å². The van der Waals surface area contributed by atoms with Crippen LogP contribution in [-0.4, -0.2) is 53.9 Å². The Morgan fingerprint density at radius 2 is 1.68 bits per heavy atom. The number of anilines is 1. The number of nitrogens with zero attached hydrogens (tertiary/aromatic N) is 4. The summed E-state index contributed by atoms with van der Waals surface area (Å²) >= 11 is 0. The lowest BCUT2D eigenvalue weighted by molar-refractivity contribution is 0.112. The lowest BCUT2D eigenvalue weighted by Crippen LogP contribution is -2.30. The topological polar surface area (TPSA) is 49.3 Å². The summed E-state index contributed by atoms with van der Waals surface area (Å²) in [4.78, 5) is 23.6. The molecule has 0 aromatic carbocycles. The largest absolute Gasteiger partial charge is 0.341 e. The third-order valence-corrected chi connectivity index (χ3v) is 3.26. The minimum atomic E-state index is 0.517. The van der Waals surface area contributed by atoms with E-state index in [0.717, 1.165) is 45.4 Å². The smallest absolute Gasteiger partial charge is 0.225 e. The maximum Gasteiger partial charge on any atom is 0.225 e. The molecule has 0 amide bonds. The predicted molar refractivity (Wildman–Crippen MR) is 77.7 cm³/mol. The van der Waals surface area contributed by atoms with E-state index >= 15 is 0 Å². The van der Waals surface area contributed by atoms with E-state index in [1.54, 1.807) is 12.4 Å². The monoisotopic (exact) mass is 264 g/mol. The first-order valence-electron chi connectivity index (χ1n) is 6.99. The van der Waals surface area contributed by atoms with E-state index in [0.29, 0.717) is 11.5 Å². The molecule has 0 bridgehead atoms. The van der Waals surface area contributed by atoms with E-state index in [1.807, 2.05) is 0 Å². The Morgan fingerprint density at radius 3 is 2.16 bits per heavy atom. The average Bonchev–Trinajstić information content (AvgIpc) is 2.48. The number of hydrogen-bond acceptors (Lipinski definition) is 5. The second kappa shape index (κ2) is 8.58. The molecule has 0 N–H and O–H groups in total. The first-order valence-corrected chi connectivity index (χ1v) is 6.99. The Bertz CT molecular complexity index is 362. The zero-order chi connectivity index (χ0) is 14.1. The van der Waals surface area contributed by atoms with Crippen molar-refractivity contribution in [3.8, 4) is 0 Å². The van der Waals surface area contributed by atoms with Gasteiger partial charge in [-0.25, -0.2) is 9.97 Å². The molecule has 5 heteroatoms. The number of carbonyl (C=O) groups excluding carboxylic acids is 1. The molecule has 1 aromatic heterocycles. The molecule has 5 nitrogen and oxygen atoms in total. The van der Waals surface area contributed by atoms with Crippen LogP contribution in [0.5, 0.6) is 0 Å². The first kappa shape index (κ1) is 15.6. The van der Waals surface area contributed by atoms with Crippen molar-refractivity contribution in [2.45, 2.75) is 27.2 Å². The highest BCUT2D eigenvalue weighted by atomic mass is 16.1. The van der Waals surface area contributed by atoms with Crippen LogP contribution in [0, 0.1) is 0 Å². The molecule has 1 heterocycles. The fourth-order valence-corrected chi connectivity index (χ4v) is 1.98. The van der Waals surface area contributed by atoms with Gasteiger partial charge in [0.25, 0.3) is 0 Å². The second-order valence-electron chi connectivity index (χ2n) is 4.39. The predicted octanol–water partition coefficient (Wildman–Crippen LogP) is 1.85. The Morgan fingerprint density at radius 1 is 1.05 bits per heavy atom. The summed E-state index contributed by atoms with van der Waals surface area (Å²) in [7, 11) is 0. The molecule has 0 fully saturated rings. The summed E-state index contributed by atoms with van der Waals surface area (Å²) in [6, 6.07) is 0. The number of aromatic nitrogens is 2. The number of carbonyl (C=O) groups is 1. The Hall–Kier alpha value is -1.49. The van der Waals surface area contributed by atoms with Gasteiger partial charge in [-0.2, -0.15) is 0 Å². The Kier molecular flexibility index (Phi) is 7.03. The molecule has 106 valence electrons. The van der Waals surface area contributed by atoms with Gasteiger partial charge in [-0.1, -0.05) is 13.8 Å². The molecule has 1 aromatic rings. The Balaban J connectivity index is 2.50. The van der Waals surface area contributed by atoms with Gasteiger partial charge in [0.05, 0.1) is 5.56 Å². The van der Waals surface area contributed by atoms with Crippen LogP contribution < -0.4 is 4.90 Å². The van der Waals surface area contributed by atoms with Gasteiger partial charge < -0.3 is 9.80 Å². The van der Waals surface area contributed by atoms with Gasteiger partial charge in [0.2, 0.25) is 5.95 Å². The number of hydrogen-bond donors (Lipinski definition) is 0. The van der Waals surface area contributed by atoms with Gasteiger partial charge in [0, 0.05) is 25.5 Å². The maximum absolute atomic E-state index is 10.6. The average molecular weight is 264 g/mol. The van der Waals surface area contributed by atoms with Gasteiger partial charge in [0.1, 0.15) is 0 Å². The molecule has 0 saturated heterocycles. The molecule has 0 aliphatic heterocycles. The normalized spacial score (nSPS) is 10.7. The summed E-state index contributed by atoms with van der Waals surface area (Å²) < 4.78 is 0. The molecular formula is C14H24N4O. The second-order valence-corrected chi connectivity index (χ2v) is 4.39. The summed E-state index contributed by atoms with van der Waals surface area (Å²) in [6.07, 6.45) is 5.00. The van der Waals surface area contributed by atoms with Crippen molar-refractivity contribution < 1.29 is 4.79 Å². The SMILES string of the molecule is CCN(CC)CCCN(CC)c1ncc(C=O)cn1. The lowest BCUT2D eigenvalue weighted by Gasteiger charge is -2.23. The number of rotatable bonds is 9. The van der Waals surface area contributed by atoms with Crippen molar-refractivity contribution in [3.05, 3.63) is 18.0 Å². The third kappa shape index (κ3) is 4.95. The standard InChI is InChI=1S/C14H24N4O/c1-4-17(5-2)8-7-9-18(6-3)14-15-10-13(12-19)11-16-14/h10-12H,4-9H2,1-3H3. The molecule has 19 heavy (non-hydrogen) atoms. The zero-order valence-corrected chi connectivity index (χ0v) is 12.2. The highest BCUT2D eigenvalue weighted by Gasteiger charge is 2.08. The highest BCUT2D eigenvalue weighted by Crippen LogP contribution is 2.07. The van der Waals surface area contributed by atoms with Crippen molar-refractivity contribution in [1.29, 1.82) is 0 Å². The van der Waals surface area contributed by atoms with Crippen LogP contribution in [0.15, 0.2) is 12.4 Å². The summed E-state index contributed by atoms with van der Waals surface area (Å²) in [5, 5.41) is 0. The van der Waals surface area contributed by atoms with Crippen LogP contribution in [-0.2, 0) is 0 Å². The highest BCUT2D eigenvalue weighted by molar-refractivity contribution is 5.73. The maximum atomic E-state index is 10.6. The van der Waals surface area contributed by atoms with Crippen molar-refractivity contribution in [1.82, 2.24) is 14.9 Å². The van der Waals surface area contributed by atoms with Crippen LogP contribution in [0.2, 0.25) is 0 Å². The van der Waals surface area contributed by atoms with Crippen molar-refractivity contribution in [3.63, 3.8) is 0 Å². The van der Waals surface area contributed by atoms with E-state index < -0.39 is 0 Å². The van der Waals surface area contributed by atoms with Crippen molar-refractivity contribution in [2.24, 2.45) is 0 Å². The van der Waals surface area contributed by atoms with Gasteiger partial charge in [-0.3, -0.25) is 4.79 Å². The summed E-state index contributed by atoms with van der Waals surface area (Å²) in [5.74, 6) is 0.702. The summed E-state index contributed by atoms with van der Waals surface area (Å²) in [5.41, 5.74) is 0.517. The fraction of sp³-hybridized carbons (Fsp3) is 0.643. The molecule has 0 atom stereocenters. The van der Waals surface area contributed by atoms with Gasteiger partial charge >= 0.3 is 0 Å². The molecule has 1 rings (SSSR count). The van der Waals surface area contributed by atoms with Crippen molar-refractivity contribution >= 4 is 12.2 Å². The zero-order valence-electron chi connectivity index (χ0n) is 12.2. The molecule has 0 spiro atoms. The van der Waals surface area contributed by atoms with E-state index in [1.165, 1.54) is 0 Å². The quantitative estimate of drug-likeness (QED) is 0.637. The van der Waals surface area contributed by atoms with Crippen molar-refractivity contribution in [2.75, 3.05) is 37.6 Å². The van der Waals surface area contributed by atoms with E-state index in [-0.39, 0.29) is 0 Å². The van der Waals surface area contributed by atoms with Crippen LogP contribution in [0.1, 0.15) is 37.6 Å². The molecular weight excluding hydrogens is 240 g/mol. The third-order valence-electron chi connectivity index (χ3n) is 3.26. The lowest BCUT2D eigenvalue weighted by atomic mass is 10.3. The van der Waals surface area contributed by atoms with E-state index in [2.05, 4.69) is 40.5 Å². The molecule has 0 aliphatic rings. The number of aldehydes is 1. The van der Waals surface area contributed by atoms with Crippen LogP contribution in [0.3, 0.4) is 0 Å². The molecule has 0 radical (unpaired) electrons. The van der Waals surface area contributed by atoms with E-state index in [9.17, 15) is 4.79 Å². The molecule has 0 unspecified atom stereocenters. The van der Waals surface area contributed by atoms with Gasteiger partial charge in [-0.15, -0.1) is 0 Å². The summed E-state index contributed by atoms with van der Waals surface area (Å²) in [6.45, 7) is 11.5. The van der Waals surface area contributed by atoms with Crippen LogP contribution in [0.4, 0.5) is 5.95 Å². The molecule has 0 saturated carbocycles. The fourth-order valence-electron chi connectivity index (χ4n) is 1.98. The minimum Gasteiger partial charge on any atom is -0.341 e. The van der Waals surface area contributed by atoms with Crippen LogP contribution >= 0.6 is 0 Å².